The fraction of sp³-hybridized carbons (Fsp3) is 0.545. The van der Waals surface area contributed by atoms with Gasteiger partial charge in [-0.2, -0.15) is 0 Å². The second kappa shape index (κ2) is 3.48. The predicted molar refractivity (Wildman–Crippen MR) is 59.1 cm³/mol. The fourth-order valence-electron chi connectivity index (χ4n) is 1.69. The third-order valence-corrected chi connectivity index (χ3v) is 2.91. The molecule has 1 aromatic heterocycles. The molecule has 14 heavy (non-hydrogen) atoms. The number of hydrogen-bond acceptors (Lipinski definition) is 3. The summed E-state index contributed by atoms with van der Waals surface area (Å²) in [6.07, 6.45) is 3.05. The number of anilines is 2. The average molecular weight is 191 g/mol. The molecule has 2 rings (SSSR count). The van der Waals surface area contributed by atoms with E-state index in [0.29, 0.717) is 0 Å². The van der Waals surface area contributed by atoms with Gasteiger partial charge in [-0.3, -0.25) is 0 Å². The van der Waals surface area contributed by atoms with Crippen LogP contribution in [0.2, 0.25) is 0 Å². The Morgan fingerprint density at radius 1 is 1.64 bits per heavy atom. The smallest absolute Gasteiger partial charge is 0.129 e. The minimum absolute atomic E-state index is 0.729. The minimum atomic E-state index is 0.729. The van der Waals surface area contributed by atoms with Crippen LogP contribution in [0.3, 0.4) is 0 Å². The molecule has 0 bridgehead atoms. The lowest BCUT2D eigenvalue weighted by atomic mass is 10.2. The van der Waals surface area contributed by atoms with Crippen LogP contribution in [0, 0.1) is 18.8 Å². The van der Waals surface area contributed by atoms with E-state index in [0.717, 1.165) is 35.4 Å². The van der Waals surface area contributed by atoms with E-state index < -0.39 is 0 Å². The fourth-order valence-corrected chi connectivity index (χ4v) is 1.69. The summed E-state index contributed by atoms with van der Waals surface area (Å²) >= 11 is 0. The molecule has 0 aromatic carbocycles. The van der Waals surface area contributed by atoms with Gasteiger partial charge in [0.15, 0.2) is 0 Å². The van der Waals surface area contributed by atoms with E-state index in [1.165, 1.54) is 6.42 Å². The van der Waals surface area contributed by atoms with Crippen LogP contribution < -0.4 is 11.1 Å². The Hall–Kier alpha value is -1.25. The molecule has 2 atom stereocenters. The number of nitrogens with zero attached hydrogens (tertiary/aromatic N) is 1. The van der Waals surface area contributed by atoms with Crippen molar-refractivity contribution in [1.29, 1.82) is 0 Å². The Morgan fingerprint density at radius 3 is 2.93 bits per heavy atom. The molecule has 1 aliphatic rings. The van der Waals surface area contributed by atoms with E-state index in [2.05, 4.69) is 17.2 Å². The number of aromatic nitrogens is 1. The predicted octanol–water partition coefficient (Wildman–Crippen LogP) is 2.04. The summed E-state index contributed by atoms with van der Waals surface area (Å²) in [4.78, 5) is 4.27. The maximum atomic E-state index is 5.63. The van der Waals surface area contributed by atoms with E-state index in [9.17, 15) is 0 Å². The summed E-state index contributed by atoms with van der Waals surface area (Å²) in [7, 11) is 0. The van der Waals surface area contributed by atoms with E-state index >= 15 is 0 Å². The zero-order valence-electron chi connectivity index (χ0n) is 8.75. The van der Waals surface area contributed by atoms with Crippen molar-refractivity contribution in [3.05, 3.63) is 17.8 Å². The van der Waals surface area contributed by atoms with Gasteiger partial charge in [-0.25, -0.2) is 4.98 Å². The summed E-state index contributed by atoms with van der Waals surface area (Å²) in [5.41, 5.74) is 7.48. The SMILES string of the molecule is Cc1cc(N)cnc1NCC1CC1C. The van der Waals surface area contributed by atoms with Crippen molar-refractivity contribution in [3.63, 3.8) is 0 Å². The van der Waals surface area contributed by atoms with Gasteiger partial charge in [0, 0.05) is 6.54 Å². The number of nitrogens with one attached hydrogen (secondary N) is 1. The molecule has 0 radical (unpaired) electrons. The highest BCUT2D eigenvalue weighted by molar-refractivity contribution is 5.50. The summed E-state index contributed by atoms with van der Waals surface area (Å²) in [6.45, 7) is 5.36. The van der Waals surface area contributed by atoms with Gasteiger partial charge in [-0.05, 0) is 36.8 Å². The Morgan fingerprint density at radius 2 is 2.36 bits per heavy atom. The van der Waals surface area contributed by atoms with Gasteiger partial charge in [0.05, 0.1) is 11.9 Å². The lowest BCUT2D eigenvalue weighted by molar-refractivity contribution is 0.784. The van der Waals surface area contributed by atoms with Crippen molar-refractivity contribution < 1.29 is 0 Å². The Labute approximate surface area is 84.7 Å². The minimum Gasteiger partial charge on any atom is -0.397 e. The molecule has 0 amide bonds. The van der Waals surface area contributed by atoms with Crippen LogP contribution in [0.5, 0.6) is 0 Å². The Bertz CT molecular complexity index is 335. The van der Waals surface area contributed by atoms with E-state index in [4.69, 9.17) is 5.73 Å². The van der Waals surface area contributed by atoms with Crippen molar-refractivity contribution in [2.75, 3.05) is 17.6 Å². The second-order valence-corrected chi connectivity index (χ2v) is 4.29. The first kappa shape index (κ1) is 9.31. The Balaban J connectivity index is 1.95. The van der Waals surface area contributed by atoms with Gasteiger partial charge in [-0.1, -0.05) is 6.92 Å². The number of rotatable bonds is 3. The molecule has 3 heteroatoms. The molecule has 3 N–H and O–H groups in total. The zero-order valence-corrected chi connectivity index (χ0v) is 8.75. The third kappa shape index (κ3) is 1.97. The molecule has 2 unspecified atom stereocenters. The van der Waals surface area contributed by atoms with Crippen LogP contribution in [0.25, 0.3) is 0 Å². The van der Waals surface area contributed by atoms with Crippen molar-refractivity contribution in [3.8, 4) is 0 Å². The molecule has 0 spiro atoms. The summed E-state index contributed by atoms with van der Waals surface area (Å²) in [5.74, 6) is 2.70. The molecule has 1 heterocycles. The number of pyridine rings is 1. The highest BCUT2D eigenvalue weighted by Gasteiger charge is 2.31. The number of hydrogen-bond donors (Lipinski definition) is 2. The van der Waals surface area contributed by atoms with Crippen molar-refractivity contribution in [2.45, 2.75) is 20.3 Å². The highest BCUT2D eigenvalue weighted by atomic mass is 15.0. The van der Waals surface area contributed by atoms with Crippen LogP contribution in [0.1, 0.15) is 18.9 Å². The van der Waals surface area contributed by atoms with E-state index in [-0.39, 0.29) is 0 Å². The molecule has 3 nitrogen and oxygen atoms in total. The Kier molecular flexibility index (Phi) is 2.32. The van der Waals surface area contributed by atoms with E-state index in [1.54, 1.807) is 6.20 Å². The van der Waals surface area contributed by atoms with Gasteiger partial charge in [0.25, 0.3) is 0 Å². The lowest BCUT2D eigenvalue weighted by Crippen LogP contribution is -2.07. The first-order valence-electron chi connectivity index (χ1n) is 5.13. The van der Waals surface area contributed by atoms with Crippen LogP contribution in [0.15, 0.2) is 12.3 Å². The van der Waals surface area contributed by atoms with Gasteiger partial charge >= 0.3 is 0 Å². The maximum Gasteiger partial charge on any atom is 0.129 e. The molecular formula is C11H17N3. The zero-order chi connectivity index (χ0) is 10.1. The van der Waals surface area contributed by atoms with Crippen LogP contribution >= 0.6 is 0 Å². The van der Waals surface area contributed by atoms with E-state index in [1.807, 2.05) is 13.0 Å². The summed E-state index contributed by atoms with van der Waals surface area (Å²) in [6, 6.07) is 1.95. The summed E-state index contributed by atoms with van der Waals surface area (Å²) in [5, 5.41) is 3.37. The molecule has 1 aliphatic carbocycles. The van der Waals surface area contributed by atoms with Crippen molar-refractivity contribution in [2.24, 2.45) is 11.8 Å². The van der Waals surface area contributed by atoms with Crippen molar-refractivity contribution in [1.82, 2.24) is 4.98 Å². The molecule has 76 valence electrons. The van der Waals surface area contributed by atoms with Crippen molar-refractivity contribution >= 4 is 11.5 Å². The molecular weight excluding hydrogens is 174 g/mol. The van der Waals surface area contributed by atoms with Crippen LogP contribution in [-0.2, 0) is 0 Å². The molecule has 1 saturated carbocycles. The molecule has 1 aromatic rings. The largest absolute Gasteiger partial charge is 0.397 e. The molecule has 0 aliphatic heterocycles. The standard InChI is InChI=1S/C11H17N3/c1-7-3-9(7)5-13-11-8(2)4-10(12)6-14-11/h4,6-7,9H,3,5,12H2,1-2H3,(H,13,14). The highest BCUT2D eigenvalue weighted by Crippen LogP contribution is 2.37. The average Bonchev–Trinajstić information content (AvgIpc) is 2.80. The van der Waals surface area contributed by atoms with Crippen LogP contribution in [-0.4, -0.2) is 11.5 Å². The maximum absolute atomic E-state index is 5.63. The van der Waals surface area contributed by atoms with Gasteiger partial charge in [0.1, 0.15) is 5.82 Å². The lowest BCUT2D eigenvalue weighted by Gasteiger charge is -2.08. The molecule has 1 fully saturated rings. The normalized spacial score (nSPS) is 24.7. The van der Waals surface area contributed by atoms with Gasteiger partial charge < -0.3 is 11.1 Å². The van der Waals surface area contributed by atoms with Gasteiger partial charge in [-0.15, -0.1) is 0 Å². The van der Waals surface area contributed by atoms with Gasteiger partial charge in [0.2, 0.25) is 0 Å². The first-order valence-corrected chi connectivity index (χ1v) is 5.13. The van der Waals surface area contributed by atoms with Crippen LogP contribution in [0.4, 0.5) is 11.5 Å². The quantitative estimate of drug-likeness (QED) is 0.768. The topological polar surface area (TPSA) is 50.9 Å². The monoisotopic (exact) mass is 191 g/mol. The summed E-state index contributed by atoms with van der Waals surface area (Å²) < 4.78 is 0. The first-order chi connectivity index (χ1) is 6.66. The third-order valence-electron chi connectivity index (χ3n) is 2.91. The second-order valence-electron chi connectivity index (χ2n) is 4.29. The number of nitrogens with two attached hydrogens (primary N) is 1. The molecule has 0 saturated heterocycles. The number of aryl methyl sites for hydroxylation is 1. The number of nitrogen functional groups attached to an aromatic ring is 1.